The number of rotatable bonds is 7. The number of carboxylic acid groups (broad SMARTS) is 1. The van der Waals surface area contributed by atoms with E-state index in [2.05, 4.69) is 4.74 Å². The molecule has 1 aliphatic heterocycles. The second-order valence-electron chi connectivity index (χ2n) is 6.59. The van der Waals surface area contributed by atoms with Crippen LogP contribution in [0.15, 0.2) is 24.3 Å². The second-order valence-corrected chi connectivity index (χ2v) is 6.59. The molecule has 1 aromatic rings. The molecule has 5 atom stereocenters. The maximum Gasteiger partial charge on any atom is 0.339 e. The number of carboxylic acids is 1. The molecule has 12 heteroatoms. The fourth-order valence-corrected chi connectivity index (χ4v) is 3.05. The zero-order valence-corrected chi connectivity index (χ0v) is 17.6. The van der Waals surface area contributed by atoms with Gasteiger partial charge in [-0.1, -0.05) is 12.1 Å². The van der Waals surface area contributed by atoms with E-state index in [0.29, 0.717) is 0 Å². The van der Waals surface area contributed by atoms with Gasteiger partial charge in [-0.15, -0.1) is 0 Å². The van der Waals surface area contributed by atoms with Gasteiger partial charge in [0.1, 0.15) is 11.3 Å². The van der Waals surface area contributed by atoms with Crippen molar-refractivity contribution in [2.45, 2.75) is 51.5 Å². The molecule has 1 N–H and O–H groups in total. The average molecular weight is 454 g/mol. The third-order valence-corrected chi connectivity index (χ3v) is 4.20. The van der Waals surface area contributed by atoms with Gasteiger partial charge < -0.3 is 33.5 Å². The van der Waals surface area contributed by atoms with Crippen molar-refractivity contribution < 1.29 is 57.5 Å². The average Bonchev–Trinajstić information content (AvgIpc) is 2.70. The summed E-state index contributed by atoms with van der Waals surface area (Å²) in [6.07, 6.45) is -7.92. The largest absolute Gasteiger partial charge is 0.478 e. The van der Waals surface area contributed by atoms with E-state index in [4.69, 9.17) is 23.7 Å². The topological polar surface area (TPSA) is 161 Å². The van der Waals surface area contributed by atoms with Gasteiger partial charge in [-0.05, 0) is 12.1 Å². The number of aromatic carboxylic acids is 1. The smallest absolute Gasteiger partial charge is 0.339 e. The highest BCUT2D eigenvalue weighted by molar-refractivity contribution is 5.90. The summed E-state index contributed by atoms with van der Waals surface area (Å²) in [4.78, 5) is 59.0. The first-order chi connectivity index (χ1) is 15.0. The summed E-state index contributed by atoms with van der Waals surface area (Å²) in [6, 6.07) is 5.50. The van der Waals surface area contributed by atoms with Crippen molar-refractivity contribution >= 4 is 29.8 Å². The second kappa shape index (κ2) is 10.6. The fourth-order valence-electron chi connectivity index (χ4n) is 3.05. The molecule has 0 aromatic heterocycles. The van der Waals surface area contributed by atoms with Gasteiger partial charge >= 0.3 is 29.8 Å². The third kappa shape index (κ3) is 5.94. The molecule has 0 unspecified atom stereocenters. The molecule has 32 heavy (non-hydrogen) atoms. The molecule has 1 aromatic carbocycles. The van der Waals surface area contributed by atoms with Gasteiger partial charge in [0.15, 0.2) is 18.3 Å². The van der Waals surface area contributed by atoms with E-state index in [1.54, 1.807) is 0 Å². The molecule has 2 rings (SSSR count). The molecule has 0 radical (unpaired) electrons. The maximum atomic E-state index is 12.4. The van der Waals surface area contributed by atoms with Crippen LogP contribution in [0.4, 0.5) is 0 Å². The van der Waals surface area contributed by atoms with Gasteiger partial charge in [0, 0.05) is 20.8 Å². The summed E-state index contributed by atoms with van der Waals surface area (Å²) in [5.74, 6) is -5.04. The molecule has 1 aliphatic rings. The minimum atomic E-state index is -1.65. The molecular weight excluding hydrogens is 432 g/mol. The number of methoxy groups -OCH3 is 1. The standard InChI is InChI=1S/C20H22O12/c1-9(21)28-14-15(29-10(2)22)17(30-11(3)23)20(32-16(14)19(26)27-4)31-13-8-6-5-7-12(13)18(24)25/h5-8,14-17,20H,1-4H3,(H,24,25)/t14-,15-,16-,17-,20+/m1/s1. The zero-order chi connectivity index (χ0) is 24.0. The Bertz CT molecular complexity index is 894. The number of hydrogen-bond acceptors (Lipinski definition) is 11. The summed E-state index contributed by atoms with van der Waals surface area (Å²) >= 11 is 0. The summed E-state index contributed by atoms with van der Waals surface area (Å²) in [5.41, 5.74) is -0.251. The Morgan fingerprint density at radius 2 is 1.38 bits per heavy atom. The van der Waals surface area contributed by atoms with Crippen LogP contribution in [0.2, 0.25) is 0 Å². The molecule has 1 heterocycles. The monoisotopic (exact) mass is 454 g/mol. The Hall–Kier alpha value is -3.67. The van der Waals surface area contributed by atoms with E-state index >= 15 is 0 Å². The molecule has 12 nitrogen and oxygen atoms in total. The van der Waals surface area contributed by atoms with Crippen molar-refractivity contribution in [3.05, 3.63) is 29.8 Å². The van der Waals surface area contributed by atoms with E-state index in [-0.39, 0.29) is 11.3 Å². The normalized spacial score (nSPS) is 24.6. The van der Waals surface area contributed by atoms with Gasteiger partial charge in [-0.3, -0.25) is 14.4 Å². The highest BCUT2D eigenvalue weighted by Crippen LogP contribution is 2.32. The number of carbonyl (C=O) groups excluding carboxylic acids is 4. The molecule has 174 valence electrons. The number of ether oxygens (including phenoxy) is 6. The van der Waals surface area contributed by atoms with Crippen LogP contribution in [0.1, 0.15) is 31.1 Å². The Morgan fingerprint density at radius 3 is 1.91 bits per heavy atom. The molecule has 1 fully saturated rings. The SMILES string of the molecule is COC(=O)[C@@H]1O[C@H](Oc2ccccc2C(=O)O)[C@H](OC(C)=O)[C@H](OC(C)=O)[C@H]1OC(C)=O. The van der Waals surface area contributed by atoms with Crippen molar-refractivity contribution in [3.8, 4) is 5.75 Å². The van der Waals surface area contributed by atoms with Crippen molar-refractivity contribution in [1.82, 2.24) is 0 Å². The predicted octanol–water partition coefficient (Wildman–Crippen LogP) is 0.457. The van der Waals surface area contributed by atoms with Crippen molar-refractivity contribution in [2.24, 2.45) is 0 Å². The van der Waals surface area contributed by atoms with Crippen LogP contribution in [-0.2, 0) is 42.9 Å². The minimum Gasteiger partial charge on any atom is -0.478 e. The van der Waals surface area contributed by atoms with Crippen LogP contribution in [0, 0.1) is 0 Å². The maximum absolute atomic E-state index is 12.4. The lowest BCUT2D eigenvalue weighted by Crippen LogP contribution is -2.64. The van der Waals surface area contributed by atoms with Gasteiger partial charge in [-0.2, -0.15) is 0 Å². The molecule has 0 amide bonds. The van der Waals surface area contributed by atoms with Gasteiger partial charge in [-0.25, -0.2) is 9.59 Å². The van der Waals surface area contributed by atoms with Gasteiger partial charge in [0.25, 0.3) is 0 Å². The van der Waals surface area contributed by atoms with E-state index in [1.807, 2.05) is 0 Å². The first-order valence-electron chi connectivity index (χ1n) is 9.29. The number of esters is 4. The lowest BCUT2D eigenvalue weighted by atomic mass is 9.97. The van der Waals surface area contributed by atoms with Crippen LogP contribution in [-0.4, -0.2) is 72.8 Å². The quantitative estimate of drug-likeness (QED) is 0.448. The van der Waals surface area contributed by atoms with Crippen molar-refractivity contribution in [1.29, 1.82) is 0 Å². The van der Waals surface area contributed by atoms with Crippen LogP contribution >= 0.6 is 0 Å². The fraction of sp³-hybridized carbons (Fsp3) is 0.450. The van der Waals surface area contributed by atoms with E-state index in [1.165, 1.54) is 24.3 Å². The molecule has 0 bridgehead atoms. The highest BCUT2D eigenvalue weighted by atomic mass is 16.7. The van der Waals surface area contributed by atoms with Crippen molar-refractivity contribution in [2.75, 3.05) is 7.11 Å². The summed E-state index contributed by atoms with van der Waals surface area (Å²) in [6.45, 7) is 3.15. The van der Waals surface area contributed by atoms with Crippen LogP contribution < -0.4 is 4.74 Å². The van der Waals surface area contributed by atoms with Gasteiger partial charge in [0.05, 0.1) is 7.11 Å². The Labute approximate surface area is 182 Å². The zero-order valence-electron chi connectivity index (χ0n) is 17.6. The van der Waals surface area contributed by atoms with E-state index < -0.39 is 60.6 Å². The van der Waals surface area contributed by atoms with Crippen LogP contribution in [0.3, 0.4) is 0 Å². The first-order valence-corrected chi connectivity index (χ1v) is 9.29. The number of hydrogen-bond donors (Lipinski definition) is 1. The van der Waals surface area contributed by atoms with E-state index in [0.717, 1.165) is 27.9 Å². The number of carbonyl (C=O) groups is 5. The molecular formula is C20H22O12. The molecule has 0 saturated carbocycles. The minimum absolute atomic E-state index is 0.182. The van der Waals surface area contributed by atoms with E-state index in [9.17, 15) is 29.1 Å². The van der Waals surface area contributed by atoms with Crippen molar-refractivity contribution in [3.63, 3.8) is 0 Å². The van der Waals surface area contributed by atoms with Crippen LogP contribution in [0.25, 0.3) is 0 Å². The van der Waals surface area contributed by atoms with Gasteiger partial charge in [0.2, 0.25) is 12.4 Å². The lowest BCUT2D eigenvalue weighted by molar-refractivity contribution is -0.282. The lowest BCUT2D eigenvalue weighted by Gasteiger charge is -2.43. The Kier molecular flexibility index (Phi) is 8.13. The molecule has 0 aliphatic carbocycles. The molecule has 0 spiro atoms. The third-order valence-electron chi connectivity index (χ3n) is 4.20. The molecule has 1 saturated heterocycles. The number of benzene rings is 1. The summed E-state index contributed by atoms with van der Waals surface area (Å²) in [5, 5.41) is 9.39. The first kappa shape index (κ1) is 24.6. The Morgan fingerprint density at radius 1 is 0.844 bits per heavy atom. The summed E-state index contributed by atoms with van der Waals surface area (Å²) < 4.78 is 31.4. The number of para-hydroxylation sites is 1. The summed E-state index contributed by atoms with van der Waals surface area (Å²) in [7, 11) is 1.05. The van der Waals surface area contributed by atoms with Crippen LogP contribution in [0.5, 0.6) is 5.75 Å². The highest BCUT2D eigenvalue weighted by Gasteiger charge is 2.56. The Balaban J connectivity index is 2.56. The predicted molar refractivity (Wildman–Crippen MR) is 101 cm³/mol.